The highest BCUT2D eigenvalue weighted by Crippen LogP contribution is 2.24. The highest BCUT2D eigenvalue weighted by molar-refractivity contribution is 7.92. The number of esters is 1. The molecule has 1 saturated heterocycles. The minimum Gasteiger partial charge on any atom is -0.454 e. The van der Waals surface area contributed by atoms with Gasteiger partial charge in [0, 0.05) is 24.9 Å². The quantitative estimate of drug-likeness (QED) is 0.721. The number of hydrogen-bond donors (Lipinski definition) is 0. The summed E-state index contributed by atoms with van der Waals surface area (Å²) >= 11 is 0. The molecule has 0 radical (unpaired) electrons. The third-order valence-corrected chi connectivity index (χ3v) is 6.70. The summed E-state index contributed by atoms with van der Waals surface area (Å²) in [7, 11) is -3.52. The average molecular weight is 391 g/mol. The van der Waals surface area contributed by atoms with Crippen molar-refractivity contribution in [3.63, 3.8) is 0 Å². The molecule has 1 aromatic rings. The van der Waals surface area contributed by atoms with Gasteiger partial charge in [-0.2, -0.15) is 4.31 Å². The summed E-state index contributed by atoms with van der Waals surface area (Å²) in [6.07, 6.45) is 4.63. The molecule has 0 N–H and O–H groups in total. The second-order valence-electron chi connectivity index (χ2n) is 7.07. The fourth-order valence-corrected chi connectivity index (χ4v) is 4.69. The van der Waals surface area contributed by atoms with Crippen molar-refractivity contribution in [3.8, 4) is 0 Å². The number of ketones is 1. The Morgan fingerprint density at radius 1 is 1.07 bits per heavy atom. The maximum absolute atomic E-state index is 12.5. The number of carbonyl (C=O) groups is 2. The van der Waals surface area contributed by atoms with Crippen molar-refractivity contribution in [3.05, 3.63) is 41.3 Å². The molecule has 0 unspecified atom stereocenters. The van der Waals surface area contributed by atoms with E-state index in [1.165, 1.54) is 9.71 Å². The SMILES string of the molecule is O=C(O[C@@H]1CCCCC1=O)C1CCN(S(=O)(=O)/C=C/c2ccccc2)CC1. The molecular weight excluding hydrogens is 366 g/mol. The van der Waals surface area contributed by atoms with Crippen LogP contribution in [0.2, 0.25) is 0 Å². The molecule has 1 aliphatic carbocycles. The molecule has 27 heavy (non-hydrogen) atoms. The molecule has 1 atom stereocenters. The molecule has 7 heteroatoms. The smallest absolute Gasteiger partial charge is 0.309 e. The fourth-order valence-electron chi connectivity index (χ4n) is 3.47. The van der Waals surface area contributed by atoms with Crippen LogP contribution in [0.15, 0.2) is 35.7 Å². The number of carbonyl (C=O) groups excluding carboxylic acids is 2. The van der Waals surface area contributed by atoms with Crippen molar-refractivity contribution in [2.45, 2.75) is 44.6 Å². The number of hydrogen-bond acceptors (Lipinski definition) is 5. The molecule has 6 nitrogen and oxygen atoms in total. The first kappa shape index (κ1) is 19.8. The molecule has 146 valence electrons. The fraction of sp³-hybridized carbons (Fsp3) is 0.500. The number of sulfonamides is 1. The molecule has 0 aromatic heterocycles. The standard InChI is InChI=1S/C20H25NO5S/c22-18-8-4-5-9-19(18)26-20(23)17-10-13-21(14-11-17)27(24,25)15-12-16-6-2-1-3-7-16/h1-3,6-7,12,15,17,19H,4-5,8-11,13-14H2/b15-12+/t19-/m1/s1. The minimum atomic E-state index is -3.52. The number of piperidine rings is 1. The van der Waals surface area contributed by atoms with Crippen molar-refractivity contribution in [2.75, 3.05) is 13.1 Å². The van der Waals surface area contributed by atoms with Crippen molar-refractivity contribution in [1.29, 1.82) is 0 Å². The van der Waals surface area contributed by atoms with Gasteiger partial charge >= 0.3 is 5.97 Å². The molecule has 0 bridgehead atoms. The van der Waals surface area contributed by atoms with Crippen LogP contribution in [-0.4, -0.2) is 43.7 Å². The van der Waals surface area contributed by atoms with E-state index in [-0.39, 0.29) is 30.8 Å². The van der Waals surface area contributed by atoms with Crippen LogP contribution < -0.4 is 0 Å². The van der Waals surface area contributed by atoms with Crippen LogP contribution in [0.25, 0.3) is 6.08 Å². The third kappa shape index (κ3) is 5.26. The van der Waals surface area contributed by atoms with E-state index >= 15 is 0 Å². The average Bonchev–Trinajstić information content (AvgIpc) is 2.69. The van der Waals surface area contributed by atoms with E-state index < -0.39 is 16.1 Å². The zero-order valence-electron chi connectivity index (χ0n) is 15.2. The number of ether oxygens (including phenoxy) is 1. The van der Waals surface area contributed by atoms with E-state index in [0.717, 1.165) is 18.4 Å². The predicted octanol–water partition coefficient (Wildman–Crippen LogP) is 2.75. The predicted molar refractivity (Wildman–Crippen MR) is 102 cm³/mol. The normalized spacial score (nSPS) is 22.8. The lowest BCUT2D eigenvalue weighted by Crippen LogP contribution is -2.41. The summed E-state index contributed by atoms with van der Waals surface area (Å²) in [5.74, 6) is -0.711. The Morgan fingerprint density at radius 3 is 2.44 bits per heavy atom. The number of nitrogens with zero attached hydrogens (tertiary/aromatic N) is 1. The summed E-state index contributed by atoms with van der Waals surface area (Å²) in [5.41, 5.74) is 0.816. The van der Waals surface area contributed by atoms with Crippen molar-refractivity contribution >= 4 is 27.9 Å². The second-order valence-corrected chi connectivity index (χ2v) is 8.89. The van der Waals surface area contributed by atoms with Crippen molar-refractivity contribution in [2.24, 2.45) is 5.92 Å². The van der Waals surface area contributed by atoms with Gasteiger partial charge in [-0.1, -0.05) is 30.3 Å². The summed E-state index contributed by atoms with van der Waals surface area (Å²) < 4.78 is 31.7. The molecule has 0 spiro atoms. The summed E-state index contributed by atoms with van der Waals surface area (Å²) in [4.78, 5) is 24.1. The second kappa shape index (κ2) is 8.80. The van der Waals surface area contributed by atoms with Crippen LogP contribution in [0, 0.1) is 5.92 Å². The lowest BCUT2D eigenvalue weighted by atomic mass is 9.95. The third-order valence-electron chi connectivity index (χ3n) is 5.14. The highest BCUT2D eigenvalue weighted by Gasteiger charge is 2.33. The highest BCUT2D eigenvalue weighted by atomic mass is 32.2. The molecule has 1 saturated carbocycles. The first-order chi connectivity index (χ1) is 13.0. The molecule has 2 fully saturated rings. The van der Waals surface area contributed by atoms with Gasteiger partial charge < -0.3 is 4.74 Å². The Morgan fingerprint density at radius 2 is 1.78 bits per heavy atom. The van der Waals surface area contributed by atoms with E-state index in [4.69, 9.17) is 4.74 Å². The van der Waals surface area contributed by atoms with Gasteiger partial charge in [-0.05, 0) is 43.7 Å². The van der Waals surface area contributed by atoms with Gasteiger partial charge in [0.1, 0.15) is 0 Å². The lowest BCUT2D eigenvalue weighted by molar-refractivity contribution is -0.161. The van der Waals surface area contributed by atoms with E-state index in [1.54, 1.807) is 6.08 Å². The summed E-state index contributed by atoms with van der Waals surface area (Å²) in [5, 5.41) is 1.21. The van der Waals surface area contributed by atoms with Crippen LogP contribution in [-0.2, 0) is 24.3 Å². The Balaban J connectivity index is 1.52. The molecular formula is C20H25NO5S. The molecule has 1 heterocycles. The Kier molecular flexibility index (Phi) is 6.44. The molecule has 1 aromatic carbocycles. The maximum Gasteiger partial charge on any atom is 0.309 e. The lowest BCUT2D eigenvalue weighted by Gasteiger charge is -2.30. The Labute approximate surface area is 160 Å². The topological polar surface area (TPSA) is 80.8 Å². The monoisotopic (exact) mass is 391 g/mol. The maximum atomic E-state index is 12.5. The van der Waals surface area contributed by atoms with Gasteiger partial charge in [0.15, 0.2) is 11.9 Å². The number of benzene rings is 1. The molecule has 0 amide bonds. The van der Waals surface area contributed by atoms with E-state index in [2.05, 4.69) is 0 Å². The molecule has 1 aliphatic heterocycles. The van der Waals surface area contributed by atoms with Crippen molar-refractivity contribution < 1.29 is 22.7 Å². The Bertz CT molecular complexity index is 795. The van der Waals surface area contributed by atoms with Crippen LogP contribution in [0.3, 0.4) is 0 Å². The Hall–Kier alpha value is -1.99. The van der Waals surface area contributed by atoms with Crippen LogP contribution in [0.4, 0.5) is 0 Å². The van der Waals surface area contributed by atoms with Gasteiger partial charge in [0.2, 0.25) is 10.0 Å². The van der Waals surface area contributed by atoms with Crippen LogP contribution >= 0.6 is 0 Å². The van der Waals surface area contributed by atoms with E-state index in [0.29, 0.717) is 25.7 Å². The van der Waals surface area contributed by atoms with E-state index in [9.17, 15) is 18.0 Å². The van der Waals surface area contributed by atoms with Gasteiger partial charge in [0.25, 0.3) is 0 Å². The summed E-state index contributed by atoms with van der Waals surface area (Å²) in [6.45, 7) is 0.555. The zero-order valence-corrected chi connectivity index (χ0v) is 16.1. The number of Topliss-reactive ketones (excluding diaryl/α,β-unsaturated/α-hetero) is 1. The minimum absolute atomic E-state index is 0.000614. The van der Waals surface area contributed by atoms with Gasteiger partial charge in [-0.25, -0.2) is 8.42 Å². The first-order valence-corrected chi connectivity index (χ1v) is 10.9. The zero-order chi connectivity index (χ0) is 19.3. The summed E-state index contributed by atoms with van der Waals surface area (Å²) in [6, 6.07) is 9.24. The van der Waals surface area contributed by atoms with Gasteiger partial charge in [-0.15, -0.1) is 0 Å². The first-order valence-electron chi connectivity index (χ1n) is 9.42. The van der Waals surface area contributed by atoms with Crippen LogP contribution in [0.1, 0.15) is 44.1 Å². The number of rotatable bonds is 5. The largest absolute Gasteiger partial charge is 0.454 e. The molecule has 3 rings (SSSR count). The van der Waals surface area contributed by atoms with Gasteiger partial charge in [-0.3, -0.25) is 9.59 Å². The van der Waals surface area contributed by atoms with Crippen LogP contribution in [0.5, 0.6) is 0 Å². The van der Waals surface area contributed by atoms with Crippen molar-refractivity contribution in [1.82, 2.24) is 4.31 Å². The van der Waals surface area contributed by atoms with E-state index in [1.807, 2.05) is 30.3 Å². The van der Waals surface area contributed by atoms with Gasteiger partial charge in [0.05, 0.1) is 5.92 Å². The molecule has 2 aliphatic rings.